The fraction of sp³-hybridized carbons (Fsp3) is 0.389. The summed E-state index contributed by atoms with van der Waals surface area (Å²) < 4.78 is 14.3. The molecule has 0 aromatic heterocycles. The largest absolute Gasteiger partial charge is 0.597 e. The molecule has 1 aliphatic heterocycles. The molecule has 0 N–H and O–H groups in total. The molecule has 0 spiro atoms. The predicted molar refractivity (Wildman–Crippen MR) is 92.6 cm³/mol. The molecule has 0 amide bonds. The maximum absolute atomic E-state index is 12.7. The molecule has 0 saturated heterocycles. The van der Waals surface area contributed by atoms with Gasteiger partial charge in [-0.1, -0.05) is 48.6 Å². The summed E-state index contributed by atoms with van der Waals surface area (Å²) in [5.74, 6) is 0.0381. The molecule has 2 rings (SSSR count). The van der Waals surface area contributed by atoms with Gasteiger partial charge in [-0.15, -0.1) is 4.31 Å². The van der Waals surface area contributed by atoms with Gasteiger partial charge in [-0.3, -0.25) is 4.79 Å². The van der Waals surface area contributed by atoms with Crippen LogP contribution < -0.4 is 0 Å². The Morgan fingerprint density at radius 3 is 2.50 bits per heavy atom. The van der Waals surface area contributed by atoms with Crippen molar-refractivity contribution in [3.63, 3.8) is 0 Å². The summed E-state index contributed by atoms with van der Waals surface area (Å²) in [6.07, 6.45) is 5.85. The SMILES string of the molecule is CC(=O)C1=CCN([S+]([O-])C(C)(C)C)[C@H]1/C=C/c1ccccc1. The third-order valence-corrected chi connectivity index (χ3v) is 5.38. The van der Waals surface area contributed by atoms with Crippen LogP contribution in [0.5, 0.6) is 0 Å². The molecule has 1 aromatic rings. The summed E-state index contributed by atoms with van der Waals surface area (Å²) in [5.41, 5.74) is 1.79. The average molecular weight is 317 g/mol. The van der Waals surface area contributed by atoms with Gasteiger partial charge in [0.25, 0.3) is 0 Å². The molecule has 0 bridgehead atoms. The first-order chi connectivity index (χ1) is 10.3. The standard InChI is InChI=1S/C18H23NO2S/c1-14(20)16-12-13-19(22(21)18(2,3)4)17(16)11-10-15-8-6-5-7-9-15/h5-12,17H,13H2,1-4H3/b11-10+/t17-,22?/m0/s1. The summed E-state index contributed by atoms with van der Waals surface area (Å²) in [4.78, 5) is 11.9. The lowest BCUT2D eigenvalue weighted by Crippen LogP contribution is -2.46. The van der Waals surface area contributed by atoms with Gasteiger partial charge in [0.05, 0.1) is 6.54 Å². The number of carbonyl (C=O) groups excluding carboxylic acids is 1. The van der Waals surface area contributed by atoms with Crippen molar-refractivity contribution in [2.45, 2.75) is 38.5 Å². The quantitative estimate of drug-likeness (QED) is 0.800. The number of Topliss-reactive ketones (excluding diaryl/α,β-unsaturated/α-hetero) is 1. The summed E-state index contributed by atoms with van der Waals surface area (Å²) in [6.45, 7) is 7.97. The normalized spacial score (nSPS) is 21.1. The van der Waals surface area contributed by atoms with E-state index < -0.39 is 11.4 Å². The van der Waals surface area contributed by atoms with E-state index in [0.717, 1.165) is 11.1 Å². The Balaban J connectivity index is 2.26. The zero-order valence-corrected chi connectivity index (χ0v) is 14.4. The highest BCUT2D eigenvalue weighted by molar-refractivity contribution is 7.90. The van der Waals surface area contributed by atoms with Crippen LogP contribution in [0.3, 0.4) is 0 Å². The molecule has 3 nitrogen and oxygen atoms in total. The van der Waals surface area contributed by atoms with Gasteiger partial charge in [0.15, 0.2) is 5.78 Å². The van der Waals surface area contributed by atoms with E-state index in [9.17, 15) is 9.35 Å². The Morgan fingerprint density at radius 1 is 1.32 bits per heavy atom. The molecule has 2 atom stereocenters. The van der Waals surface area contributed by atoms with E-state index in [0.29, 0.717) is 6.54 Å². The van der Waals surface area contributed by atoms with Crippen LogP contribution in [0.4, 0.5) is 0 Å². The van der Waals surface area contributed by atoms with Crippen molar-refractivity contribution in [1.82, 2.24) is 4.31 Å². The molecule has 0 aliphatic carbocycles. The van der Waals surface area contributed by atoms with Gasteiger partial charge in [-0.25, -0.2) is 0 Å². The van der Waals surface area contributed by atoms with E-state index in [1.54, 1.807) is 6.92 Å². The van der Waals surface area contributed by atoms with Crippen molar-refractivity contribution in [3.05, 3.63) is 53.6 Å². The molecule has 1 aromatic carbocycles. The Hall–Kier alpha value is -1.36. The Morgan fingerprint density at radius 2 is 1.95 bits per heavy atom. The second-order valence-corrected chi connectivity index (χ2v) is 8.58. The molecule has 1 unspecified atom stereocenters. The lowest BCUT2D eigenvalue weighted by Gasteiger charge is -2.33. The van der Waals surface area contributed by atoms with E-state index in [2.05, 4.69) is 0 Å². The van der Waals surface area contributed by atoms with Crippen molar-refractivity contribution in [2.75, 3.05) is 6.54 Å². The van der Waals surface area contributed by atoms with Crippen LogP contribution in [-0.2, 0) is 16.2 Å². The van der Waals surface area contributed by atoms with Gasteiger partial charge in [0.1, 0.15) is 10.8 Å². The molecule has 0 saturated carbocycles. The van der Waals surface area contributed by atoms with Crippen molar-refractivity contribution in [3.8, 4) is 0 Å². The number of carbonyl (C=O) groups is 1. The molecular weight excluding hydrogens is 294 g/mol. The number of hydrogen-bond acceptors (Lipinski definition) is 3. The van der Waals surface area contributed by atoms with Gasteiger partial charge < -0.3 is 4.55 Å². The summed E-state index contributed by atoms with van der Waals surface area (Å²) in [5, 5.41) is 0. The first-order valence-electron chi connectivity index (χ1n) is 7.43. The highest BCUT2D eigenvalue weighted by Gasteiger charge is 2.41. The fourth-order valence-corrected chi connectivity index (χ4v) is 3.72. The molecule has 22 heavy (non-hydrogen) atoms. The monoisotopic (exact) mass is 317 g/mol. The minimum absolute atomic E-state index is 0.0381. The number of rotatable bonds is 4. The average Bonchev–Trinajstić information content (AvgIpc) is 2.88. The van der Waals surface area contributed by atoms with Gasteiger partial charge in [-0.2, -0.15) is 0 Å². The van der Waals surface area contributed by atoms with Crippen molar-refractivity contribution in [2.24, 2.45) is 0 Å². The maximum atomic E-state index is 12.7. The Bertz CT molecular complexity index is 587. The second kappa shape index (κ2) is 6.82. The molecule has 0 fully saturated rings. The topological polar surface area (TPSA) is 43.4 Å². The Labute approximate surface area is 136 Å². The van der Waals surface area contributed by atoms with Crippen LogP contribution in [0.2, 0.25) is 0 Å². The number of hydrogen-bond donors (Lipinski definition) is 0. The van der Waals surface area contributed by atoms with Crippen LogP contribution in [0.1, 0.15) is 33.3 Å². The molecule has 118 valence electrons. The van der Waals surface area contributed by atoms with Crippen molar-refractivity contribution < 1.29 is 9.35 Å². The highest BCUT2D eigenvalue weighted by atomic mass is 32.2. The number of nitrogens with zero attached hydrogens (tertiary/aromatic N) is 1. The fourth-order valence-electron chi connectivity index (χ4n) is 2.42. The van der Waals surface area contributed by atoms with Crippen LogP contribution in [0.15, 0.2) is 48.1 Å². The maximum Gasteiger partial charge on any atom is 0.157 e. The van der Waals surface area contributed by atoms with Crippen LogP contribution >= 0.6 is 0 Å². The van der Waals surface area contributed by atoms with Crippen molar-refractivity contribution >= 4 is 23.2 Å². The summed E-state index contributed by atoms with van der Waals surface area (Å²) in [6, 6.07) is 9.70. The zero-order valence-electron chi connectivity index (χ0n) is 13.6. The highest BCUT2D eigenvalue weighted by Crippen LogP contribution is 2.30. The first-order valence-corrected chi connectivity index (χ1v) is 8.54. The van der Waals surface area contributed by atoms with Gasteiger partial charge in [0, 0.05) is 16.9 Å². The summed E-state index contributed by atoms with van der Waals surface area (Å²) in [7, 11) is 0. The molecule has 1 heterocycles. The van der Waals surface area contributed by atoms with E-state index in [4.69, 9.17) is 0 Å². The smallest absolute Gasteiger partial charge is 0.157 e. The van der Waals surface area contributed by atoms with E-state index >= 15 is 0 Å². The third-order valence-electron chi connectivity index (χ3n) is 3.53. The van der Waals surface area contributed by atoms with Crippen LogP contribution in [0.25, 0.3) is 6.08 Å². The molecular formula is C18H23NO2S. The number of ketones is 1. The predicted octanol–water partition coefficient (Wildman–Crippen LogP) is 3.36. The van der Waals surface area contributed by atoms with Gasteiger partial charge >= 0.3 is 0 Å². The summed E-state index contributed by atoms with van der Waals surface area (Å²) >= 11 is -1.16. The third kappa shape index (κ3) is 3.88. The second-order valence-electron chi connectivity index (χ2n) is 6.39. The lowest BCUT2D eigenvalue weighted by atomic mass is 10.0. The van der Waals surface area contributed by atoms with Crippen LogP contribution in [0, 0.1) is 0 Å². The molecule has 4 heteroatoms. The van der Waals surface area contributed by atoms with Crippen LogP contribution in [-0.4, -0.2) is 32.0 Å². The van der Waals surface area contributed by atoms with E-state index in [1.165, 1.54) is 0 Å². The number of benzene rings is 1. The van der Waals surface area contributed by atoms with E-state index in [1.807, 2.05) is 73.6 Å². The molecule has 1 aliphatic rings. The molecule has 0 radical (unpaired) electrons. The van der Waals surface area contributed by atoms with Crippen molar-refractivity contribution in [1.29, 1.82) is 0 Å². The first kappa shape index (κ1) is 17.0. The lowest BCUT2D eigenvalue weighted by molar-refractivity contribution is -0.113. The zero-order chi connectivity index (χ0) is 16.3. The van der Waals surface area contributed by atoms with Gasteiger partial charge in [-0.05, 0) is 33.3 Å². The Kier molecular flexibility index (Phi) is 5.27. The van der Waals surface area contributed by atoms with Gasteiger partial charge in [0.2, 0.25) is 0 Å². The minimum Gasteiger partial charge on any atom is -0.597 e. The minimum atomic E-state index is -1.16. The van der Waals surface area contributed by atoms with E-state index in [-0.39, 0.29) is 16.6 Å².